The summed E-state index contributed by atoms with van der Waals surface area (Å²) < 4.78 is 0. The molecule has 1 aliphatic rings. The second kappa shape index (κ2) is 6.41. The monoisotopic (exact) mass is 276 g/mol. The maximum atomic E-state index is 12.1. The second-order valence-corrected chi connectivity index (χ2v) is 5.07. The Balaban J connectivity index is 1.99. The fourth-order valence-corrected chi connectivity index (χ4v) is 2.46. The minimum Gasteiger partial charge on any atom is -0.480 e. The van der Waals surface area contributed by atoms with Gasteiger partial charge in [-0.05, 0) is 24.0 Å². The summed E-state index contributed by atoms with van der Waals surface area (Å²) in [4.78, 5) is 24.9. The van der Waals surface area contributed by atoms with Gasteiger partial charge in [0.1, 0.15) is 6.04 Å². The third kappa shape index (κ3) is 3.29. The van der Waals surface area contributed by atoms with E-state index in [0.717, 1.165) is 18.4 Å². The molecule has 1 aromatic carbocycles. The number of hydrogen-bond donors (Lipinski definition) is 2. The van der Waals surface area contributed by atoms with Crippen molar-refractivity contribution in [2.24, 2.45) is 0 Å². The third-order valence-electron chi connectivity index (χ3n) is 3.59. The number of hydrogen-bond acceptors (Lipinski definition) is 2. The highest BCUT2D eigenvalue weighted by molar-refractivity contribution is 5.82. The summed E-state index contributed by atoms with van der Waals surface area (Å²) in [6.07, 6.45) is 1.99. The summed E-state index contributed by atoms with van der Waals surface area (Å²) >= 11 is 0. The van der Waals surface area contributed by atoms with Gasteiger partial charge in [0.25, 0.3) is 0 Å². The van der Waals surface area contributed by atoms with Crippen molar-refractivity contribution < 1.29 is 14.7 Å². The van der Waals surface area contributed by atoms with Crippen LogP contribution in [0.5, 0.6) is 0 Å². The average molecular weight is 276 g/mol. The third-order valence-corrected chi connectivity index (χ3v) is 3.59. The number of amides is 2. The van der Waals surface area contributed by atoms with Crippen LogP contribution in [0.4, 0.5) is 4.79 Å². The first kappa shape index (κ1) is 14.4. The molecule has 2 amide bonds. The fraction of sp³-hybridized carbons (Fsp3) is 0.467. The molecule has 0 aromatic heterocycles. The first-order valence-electron chi connectivity index (χ1n) is 6.97. The molecule has 1 heterocycles. The van der Waals surface area contributed by atoms with Crippen LogP contribution in [-0.2, 0) is 17.8 Å². The molecule has 0 saturated carbocycles. The maximum absolute atomic E-state index is 12.1. The van der Waals surface area contributed by atoms with E-state index in [1.54, 1.807) is 4.90 Å². The Morgan fingerprint density at radius 3 is 2.70 bits per heavy atom. The van der Waals surface area contributed by atoms with Crippen LogP contribution >= 0.6 is 0 Å². The van der Waals surface area contributed by atoms with Gasteiger partial charge < -0.3 is 15.3 Å². The van der Waals surface area contributed by atoms with Crippen molar-refractivity contribution >= 4 is 12.0 Å². The van der Waals surface area contributed by atoms with Crippen molar-refractivity contribution in [3.05, 3.63) is 35.4 Å². The summed E-state index contributed by atoms with van der Waals surface area (Å²) in [7, 11) is 0. The summed E-state index contributed by atoms with van der Waals surface area (Å²) in [5.74, 6) is -0.974. The lowest BCUT2D eigenvalue weighted by Crippen LogP contribution is -2.49. The molecule has 1 aromatic rings. The molecule has 0 saturated heterocycles. The molecule has 108 valence electrons. The van der Waals surface area contributed by atoms with E-state index in [9.17, 15) is 9.59 Å². The second-order valence-electron chi connectivity index (χ2n) is 5.07. The van der Waals surface area contributed by atoms with Crippen LogP contribution in [-0.4, -0.2) is 34.6 Å². The van der Waals surface area contributed by atoms with Crippen molar-refractivity contribution in [1.29, 1.82) is 0 Å². The van der Waals surface area contributed by atoms with E-state index < -0.39 is 12.0 Å². The van der Waals surface area contributed by atoms with E-state index in [-0.39, 0.29) is 6.03 Å². The Labute approximate surface area is 118 Å². The molecule has 5 nitrogen and oxygen atoms in total. The Hall–Kier alpha value is -2.04. The highest BCUT2D eigenvalue weighted by Gasteiger charge is 2.24. The quantitative estimate of drug-likeness (QED) is 0.883. The molecule has 0 radical (unpaired) electrons. The van der Waals surface area contributed by atoms with Crippen LogP contribution in [0.15, 0.2) is 24.3 Å². The molecule has 1 aliphatic heterocycles. The Bertz CT molecular complexity index is 502. The highest BCUT2D eigenvalue weighted by atomic mass is 16.4. The summed E-state index contributed by atoms with van der Waals surface area (Å²) in [5.41, 5.74) is 2.40. The molecule has 0 fully saturated rings. The van der Waals surface area contributed by atoms with E-state index >= 15 is 0 Å². The maximum Gasteiger partial charge on any atom is 0.326 e. The Kier molecular flexibility index (Phi) is 4.61. The van der Waals surface area contributed by atoms with Gasteiger partial charge in [-0.15, -0.1) is 0 Å². The lowest BCUT2D eigenvalue weighted by atomic mass is 10.0. The smallest absolute Gasteiger partial charge is 0.326 e. The first-order chi connectivity index (χ1) is 9.61. The molecular weight excluding hydrogens is 256 g/mol. The van der Waals surface area contributed by atoms with Gasteiger partial charge >= 0.3 is 12.0 Å². The summed E-state index contributed by atoms with van der Waals surface area (Å²) in [5, 5.41) is 11.7. The van der Waals surface area contributed by atoms with Crippen LogP contribution in [0.2, 0.25) is 0 Å². The van der Waals surface area contributed by atoms with Gasteiger partial charge in [-0.3, -0.25) is 0 Å². The normalized spacial score (nSPS) is 15.3. The largest absolute Gasteiger partial charge is 0.480 e. The van der Waals surface area contributed by atoms with Gasteiger partial charge in [0.2, 0.25) is 0 Å². The SMILES string of the molecule is CCCC(NC(=O)N1CCc2ccccc2C1)C(=O)O. The van der Waals surface area contributed by atoms with E-state index in [4.69, 9.17) is 5.11 Å². The number of rotatable bonds is 4. The van der Waals surface area contributed by atoms with Crippen molar-refractivity contribution in [3.8, 4) is 0 Å². The van der Waals surface area contributed by atoms with Gasteiger partial charge in [0, 0.05) is 13.1 Å². The number of carbonyl (C=O) groups is 2. The topological polar surface area (TPSA) is 69.6 Å². The van der Waals surface area contributed by atoms with Crippen LogP contribution in [0.25, 0.3) is 0 Å². The predicted octanol–water partition coefficient (Wildman–Crippen LogP) is 2.01. The van der Waals surface area contributed by atoms with Gasteiger partial charge in [-0.25, -0.2) is 9.59 Å². The molecule has 2 rings (SSSR count). The molecule has 0 aliphatic carbocycles. The molecule has 1 atom stereocenters. The highest BCUT2D eigenvalue weighted by Crippen LogP contribution is 2.18. The van der Waals surface area contributed by atoms with Crippen molar-refractivity contribution in [3.63, 3.8) is 0 Å². The number of carboxylic acid groups (broad SMARTS) is 1. The standard InChI is InChI=1S/C15H20N2O3/c1-2-5-13(14(18)19)16-15(20)17-9-8-11-6-3-4-7-12(11)10-17/h3-4,6-7,13H,2,5,8-10H2,1H3,(H,16,20)(H,18,19). The Morgan fingerprint density at radius 2 is 2.05 bits per heavy atom. The van der Waals surface area contributed by atoms with Crippen LogP contribution in [0.1, 0.15) is 30.9 Å². The van der Waals surface area contributed by atoms with Gasteiger partial charge in [-0.2, -0.15) is 0 Å². The summed E-state index contributed by atoms with van der Waals surface area (Å²) in [6, 6.07) is 6.94. The average Bonchev–Trinajstić information content (AvgIpc) is 2.46. The molecule has 2 N–H and O–H groups in total. The van der Waals surface area contributed by atoms with E-state index in [2.05, 4.69) is 11.4 Å². The lowest BCUT2D eigenvalue weighted by molar-refractivity contribution is -0.139. The zero-order valence-corrected chi connectivity index (χ0v) is 11.6. The lowest BCUT2D eigenvalue weighted by Gasteiger charge is -2.30. The molecule has 1 unspecified atom stereocenters. The predicted molar refractivity (Wildman–Crippen MR) is 75.4 cm³/mol. The minimum absolute atomic E-state index is 0.291. The number of nitrogens with zero attached hydrogens (tertiary/aromatic N) is 1. The van der Waals surface area contributed by atoms with E-state index in [0.29, 0.717) is 19.5 Å². The van der Waals surface area contributed by atoms with Crippen molar-refractivity contribution in [1.82, 2.24) is 10.2 Å². The van der Waals surface area contributed by atoms with Crippen LogP contribution < -0.4 is 5.32 Å². The fourth-order valence-electron chi connectivity index (χ4n) is 2.46. The molecular formula is C15H20N2O3. The number of carbonyl (C=O) groups excluding carboxylic acids is 1. The summed E-state index contributed by atoms with van der Waals surface area (Å²) in [6.45, 7) is 3.07. The molecule has 5 heteroatoms. The number of fused-ring (bicyclic) bond motifs is 1. The number of benzene rings is 1. The van der Waals surface area contributed by atoms with Gasteiger partial charge in [0.15, 0.2) is 0 Å². The number of carboxylic acids is 1. The number of urea groups is 1. The van der Waals surface area contributed by atoms with Crippen LogP contribution in [0, 0.1) is 0 Å². The zero-order chi connectivity index (χ0) is 14.5. The molecule has 20 heavy (non-hydrogen) atoms. The van der Waals surface area contributed by atoms with Gasteiger partial charge in [-0.1, -0.05) is 37.6 Å². The molecule has 0 spiro atoms. The molecule has 0 bridgehead atoms. The first-order valence-corrected chi connectivity index (χ1v) is 6.97. The minimum atomic E-state index is -0.974. The van der Waals surface area contributed by atoms with E-state index in [1.807, 2.05) is 25.1 Å². The number of aliphatic carboxylic acids is 1. The Morgan fingerprint density at radius 1 is 1.35 bits per heavy atom. The van der Waals surface area contributed by atoms with Crippen LogP contribution in [0.3, 0.4) is 0 Å². The number of nitrogens with one attached hydrogen (secondary N) is 1. The van der Waals surface area contributed by atoms with Crippen molar-refractivity contribution in [2.45, 2.75) is 38.8 Å². The van der Waals surface area contributed by atoms with Gasteiger partial charge in [0.05, 0.1) is 0 Å². The zero-order valence-electron chi connectivity index (χ0n) is 11.6. The van der Waals surface area contributed by atoms with Crippen molar-refractivity contribution in [2.75, 3.05) is 6.54 Å². The van der Waals surface area contributed by atoms with E-state index in [1.165, 1.54) is 5.56 Å².